The van der Waals surface area contributed by atoms with Crippen LogP contribution in [0.1, 0.15) is 61.8 Å². The first-order chi connectivity index (χ1) is 19.3. The predicted octanol–water partition coefficient (Wildman–Crippen LogP) is 7.25. The Morgan fingerprint density at radius 2 is 1.60 bits per heavy atom. The predicted molar refractivity (Wildman–Crippen MR) is 168 cm³/mol. The van der Waals surface area contributed by atoms with E-state index in [0.29, 0.717) is 0 Å². The van der Waals surface area contributed by atoms with Gasteiger partial charge in [0, 0.05) is 25.8 Å². The molecule has 3 nitrogen and oxygen atoms in total. The van der Waals surface area contributed by atoms with Gasteiger partial charge in [0.15, 0.2) is 0 Å². The van der Waals surface area contributed by atoms with Crippen LogP contribution in [0.4, 0.5) is 16.2 Å². The number of hydrogen-bond donors (Lipinski definition) is 0. The molecular formula is C35H30BNO2S. The Hall–Kier alpha value is -3.57. The molecule has 1 amide bonds. The average molecular weight is 540 g/mol. The molecule has 0 atom stereocenters. The van der Waals surface area contributed by atoms with Crippen molar-refractivity contribution in [1.82, 2.24) is 0 Å². The van der Waals surface area contributed by atoms with Crippen molar-refractivity contribution in [3.8, 4) is 5.75 Å². The number of aryl methyl sites for hydroxylation is 2. The lowest BCUT2D eigenvalue weighted by atomic mass is 9.36. The van der Waals surface area contributed by atoms with Crippen LogP contribution in [0.2, 0.25) is 0 Å². The van der Waals surface area contributed by atoms with E-state index in [9.17, 15) is 4.79 Å². The minimum Gasteiger partial charge on any atom is -0.409 e. The second kappa shape index (κ2) is 7.38. The van der Waals surface area contributed by atoms with Gasteiger partial charge in [-0.3, -0.25) is 0 Å². The Balaban J connectivity index is 1.46. The minimum atomic E-state index is -0.269. The van der Waals surface area contributed by atoms with Crippen molar-refractivity contribution in [3.05, 3.63) is 82.9 Å². The molecule has 0 unspecified atom stereocenters. The zero-order valence-electron chi connectivity index (χ0n) is 23.4. The van der Waals surface area contributed by atoms with Crippen LogP contribution < -0.4 is 25.3 Å². The van der Waals surface area contributed by atoms with Gasteiger partial charge in [-0.05, 0) is 78.9 Å². The van der Waals surface area contributed by atoms with E-state index < -0.39 is 0 Å². The highest BCUT2D eigenvalue weighted by molar-refractivity contribution is 7.33. The van der Waals surface area contributed by atoms with Crippen LogP contribution in [0.3, 0.4) is 0 Å². The average Bonchev–Trinajstić information content (AvgIpc) is 3.32. The van der Waals surface area contributed by atoms with Gasteiger partial charge in [-0.15, -0.1) is 11.3 Å². The van der Waals surface area contributed by atoms with Crippen molar-refractivity contribution in [3.63, 3.8) is 0 Å². The summed E-state index contributed by atoms with van der Waals surface area (Å²) in [4.78, 5) is 16.2. The Kier molecular flexibility index (Phi) is 4.28. The zero-order chi connectivity index (χ0) is 27.1. The van der Waals surface area contributed by atoms with Crippen molar-refractivity contribution >= 4 is 72.1 Å². The number of ether oxygens (including phenoxy) is 1. The Morgan fingerprint density at radius 3 is 2.38 bits per heavy atom. The van der Waals surface area contributed by atoms with E-state index in [-0.39, 0.29) is 23.6 Å². The van der Waals surface area contributed by atoms with Gasteiger partial charge in [0.25, 0.3) is 6.71 Å². The number of carbonyl (C=O) groups is 1. The number of fused-ring (bicyclic) bond motifs is 6. The summed E-state index contributed by atoms with van der Waals surface area (Å²) in [5.74, 6) is 0.835. The van der Waals surface area contributed by atoms with Gasteiger partial charge in [-0.1, -0.05) is 79.0 Å². The molecule has 0 radical (unpaired) electrons. The van der Waals surface area contributed by atoms with Gasteiger partial charge in [-0.2, -0.15) is 0 Å². The highest BCUT2D eigenvalue weighted by atomic mass is 32.1. The van der Waals surface area contributed by atoms with Crippen molar-refractivity contribution in [2.75, 3.05) is 4.90 Å². The molecule has 40 heavy (non-hydrogen) atoms. The van der Waals surface area contributed by atoms with E-state index in [2.05, 4.69) is 88.4 Å². The summed E-state index contributed by atoms with van der Waals surface area (Å²) >= 11 is 1.81. The van der Waals surface area contributed by atoms with E-state index in [1.807, 2.05) is 16.2 Å². The maximum absolute atomic E-state index is 14.3. The lowest BCUT2D eigenvalue weighted by Crippen LogP contribution is -2.59. The molecule has 0 spiro atoms. The summed E-state index contributed by atoms with van der Waals surface area (Å²) in [6.45, 7) is 9.32. The van der Waals surface area contributed by atoms with Crippen LogP contribution in [-0.2, 0) is 10.8 Å². The molecule has 4 aromatic carbocycles. The molecule has 2 bridgehead atoms. The highest BCUT2D eigenvalue weighted by Crippen LogP contribution is 2.61. The van der Waals surface area contributed by atoms with Gasteiger partial charge in [0.05, 0.1) is 11.4 Å². The fraction of sp³-hybridized carbons (Fsp3) is 0.286. The molecule has 3 heterocycles. The lowest BCUT2D eigenvalue weighted by molar-refractivity contribution is 0.178. The monoisotopic (exact) mass is 539 g/mol. The van der Waals surface area contributed by atoms with E-state index in [1.54, 1.807) is 0 Å². The van der Waals surface area contributed by atoms with Crippen LogP contribution in [0.25, 0.3) is 20.9 Å². The van der Waals surface area contributed by atoms with Gasteiger partial charge >= 0.3 is 6.09 Å². The number of anilines is 2. The number of benzene rings is 4. The summed E-state index contributed by atoms with van der Waals surface area (Å²) in [6.07, 6.45) is 4.43. The third-order valence-corrected chi connectivity index (χ3v) is 12.0. The standard InChI is InChI=1S/C35H30BNO2S/c1-19-8-7-9-20(2)28(19)36-24-13-12-21-18-23-27(35(4)16-14-34(23,3)15-17-35)31-26(21)30(24)37(33(38)39-31)29-22-10-5-6-11-25(22)40-32(29)36/h5-13,18H,14-17H2,1-4H3. The molecule has 1 aromatic heterocycles. The van der Waals surface area contributed by atoms with E-state index in [4.69, 9.17) is 4.74 Å². The third kappa shape index (κ3) is 2.65. The fourth-order valence-electron chi connectivity index (χ4n) is 8.60. The Bertz CT molecular complexity index is 1960. The topological polar surface area (TPSA) is 29.5 Å². The Labute approximate surface area is 238 Å². The molecular weight excluding hydrogens is 509 g/mol. The lowest BCUT2D eigenvalue weighted by Gasteiger charge is -2.53. The molecule has 3 aliphatic carbocycles. The Morgan fingerprint density at radius 1 is 0.875 bits per heavy atom. The number of nitrogens with zero attached hydrogens (tertiary/aromatic N) is 1. The number of carbonyl (C=O) groups excluding carboxylic acids is 1. The summed E-state index contributed by atoms with van der Waals surface area (Å²) in [5, 5.41) is 3.43. The first-order valence-electron chi connectivity index (χ1n) is 14.5. The second-order valence-corrected chi connectivity index (χ2v) is 14.2. The molecule has 1 saturated carbocycles. The minimum absolute atomic E-state index is 0.0443. The van der Waals surface area contributed by atoms with E-state index in [0.717, 1.165) is 40.7 Å². The van der Waals surface area contributed by atoms with Gasteiger partial charge in [0.2, 0.25) is 0 Å². The van der Waals surface area contributed by atoms with Crippen LogP contribution >= 0.6 is 11.3 Å². The maximum Gasteiger partial charge on any atom is 0.424 e. The van der Waals surface area contributed by atoms with Gasteiger partial charge in [-0.25, -0.2) is 9.69 Å². The number of amides is 1. The summed E-state index contributed by atoms with van der Waals surface area (Å²) in [5.41, 5.74) is 10.1. The molecule has 5 heteroatoms. The van der Waals surface area contributed by atoms with Crippen LogP contribution in [0.5, 0.6) is 5.75 Å². The van der Waals surface area contributed by atoms with Crippen molar-refractivity contribution < 1.29 is 9.53 Å². The number of thiophene rings is 1. The molecule has 0 N–H and O–H groups in total. The first kappa shape index (κ1) is 23.2. The van der Waals surface area contributed by atoms with Crippen LogP contribution in [0, 0.1) is 13.8 Å². The van der Waals surface area contributed by atoms with Gasteiger partial charge < -0.3 is 4.74 Å². The first-order valence-corrected chi connectivity index (χ1v) is 15.3. The largest absolute Gasteiger partial charge is 0.424 e. The summed E-state index contributed by atoms with van der Waals surface area (Å²) < 4.78 is 8.94. The quantitative estimate of drug-likeness (QED) is 0.210. The SMILES string of the molecule is Cc1cccc(C)c1B1c2ccc3cc4c(c5c3c2N(C(=O)O5)c2c1sc1ccccc21)C1(C)CCC4(C)CC1. The fourth-order valence-corrected chi connectivity index (χ4v) is 9.91. The molecule has 10 rings (SSSR count). The van der Waals surface area contributed by atoms with Gasteiger partial charge in [0.1, 0.15) is 5.75 Å². The molecule has 2 aliphatic heterocycles. The smallest absolute Gasteiger partial charge is 0.409 e. The summed E-state index contributed by atoms with van der Waals surface area (Å²) in [6, 6.07) is 22.1. The van der Waals surface area contributed by atoms with E-state index >= 15 is 0 Å². The highest BCUT2D eigenvalue weighted by Gasteiger charge is 2.52. The zero-order valence-corrected chi connectivity index (χ0v) is 24.2. The van der Waals surface area contributed by atoms with Crippen molar-refractivity contribution in [2.45, 2.75) is 64.2 Å². The van der Waals surface area contributed by atoms with Crippen LogP contribution in [-0.4, -0.2) is 12.8 Å². The van der Waals surface area contributed by atoms with E-state index in [1.165, 1.54) is 60.9 Å². The second-order valence-electron chi connectivity index (χ2n) is 13.1. The van der Waals surface area contributed by atoms with Crippen molar-refractivity contribution in [2.24, 2.45) is 0 Å². The molecule has 0 saturated heterocycles. The summed E-state index contributed by atoms with van der Waals surface area (Å²) in [7, 11) is 0. The molecule has 196 valence electrons. The molecule has 1 fully saturated rings. The number of hydrogen-bond acceptors (Lipinski definition) is 3. The van der Waals surface area contributed by atoms with Crippen LogP contribution in [0.15, 0.2) is 60.7 Å². The third-order valence-electron chi connectivity index (χ3n) is 10.8. The molecule has 5 aliphatic rings. The number of rotatable bonds is 1. The van der Waals surface area contributed by atoms with Crippen molar-refractivity contribution in [1.29, 1.82) is 0 Å². The normalized spacial score (nSPS) is 23.9. The maximum atomic E-state index is 14.3. The molecule has 5 aromatic rings.